The SMILES string of the molecule is CC(=O)N(CC1CN(Cc2ccc3c(c2)OCO3)CC1c1ccccc1)C(C)C. The monoisotopic (exact) mass is 394 g/mol. The van der Waals surface area contributed by atoms with Crippen LogP contribution in [0.25, 0.3) is 0 Å². The predicted molar refractivity (Wildman–Crippen MR) is 113 cm³/mol. The zero-order valence-corrected chi connectivity index (χ0v) is 17.5. The van der Waals surface area contributed by atoms with Crippen LogP contribution in [0, 0.1) is 5.92 Å². The van der Waals surface area contributed by atoms with Gasteiger partial charge in [0.25, 0.3) is 0 Å². The lowest BCUT2D eigenvalue weighted by Crippen LogP contribution is -2.40. The summed E-state index contributed by atoms with van der Waals surface area (Å²) in [7, 11) is 0. The molecule has 2 atom stereocenters. The molecule has 0 N–H and O–H groups in total. The van der Waals surface area contributed by atoms with Gasteiger partial charge in [-0.05, 0) is 43.0 Å². The number of carbonyl (C=O) groups is 1. The summed E-state index contributed by atoms with van der Waals surface area (Å²) in [4.78, 5) is 16.7. The molecular weight excluding hydrogens is 364 g/mol. The van der Waals surface area contributed by atoms with E-state index in [-0.39, 0.29) is 11.9 Å². The van der Waals surface area contributed by atoms with Gasteiger partial charge in [-0.15, -0.1) is 0 Å². The maximum atomic E-state index is 12.2. The van der Waals surface area contributed by atoms with E-state index in [1.54, 1.807) is 6.92 Å². The minimum Gasteiger partial charge on any atom is -0.454 e. The molecule has 2 aliphatic rings. The summed E-state index contributed by atoms with van der Waals surface area (Å²) < 4.78 is 11.0. The Labute approximate surface area is 173 Å². The van der Waals surface area contributed by atoms with Crippen LogP contribution in [0.15, 0.2) is 48.5 Å². The number of fused-ring (bicyclic) bond motifs is 1. The second kappa shape index (κ2) is 8.46. The highest BCUT2D eigenvalue weighted by Crippen LogP contribution is 2.36. The van der Waals surface area contributed by atoms with Gasteiger partial charge in [0.1, 0.15) is 0 Å². The average Bonchev–Trinajstić information content (AvgIpc) is 3.32. The lowest BCUT2D eigenvalue weighted by Gasteiger charge is -2.30. The van der Waals surface area contributed by atoms with E-state index < -0.39 is 0 Å². The second-order valence-electron chi connectivity index (χ2n) is 8.42. The number of likely N-dealkylation sites (tertiary alicyclic amines) is 1. The van der Waals surface area contributed by atoms with Crippen LogP contribution in [0.4, 0.5) is 0 Å². The number of carbonyl (C=O) groups excluding carboxylic acids is 1. The van der Waals surface area contributed by atoms with Gasteiger partial charge >= 0.3 is 0 Å². The fourth-order valence-corrected chi connectivity index (χ4v) is 4.61. The summed E-state index contributed by atoms with van der Waals surface area (Å²) in [5, 5.41) is 0. The van der Waals surface area contributed by atoms with E-state index in [2.05, 4.69) is 61.2 Å². The first-order chi connectivity index (χ1) is 14.0. The number of ether oxygens (including phenoxy) is 2. The Bertz CT molecular complexity index is 852. The van der Waals surface area contributed by atoms with Crippen LogP contribution in [0.1, 0.15) is 37.8 Å². The summed E-state index contributed by atoms with van der Waals surface area (Å²) in [6.45, 7) is 9.81. The molecule has 154 valence electrons. The Hall–Kier alpha value is -2.53. The number of nitrogens with zero attached hydrogens (tertiary/aromatic N) is 2. The summed E-state index contributed by atoms with van der Waals surface area (Å²) in [6.07, 6.45) is 0. The lowest BCUT2D eigenvalue weighted by atomic mass is 9.88. The van der Waals surface area contributed by atoms with Gasteiger partial charge in [0.15, 0.2) is 11.5 Å². The molecule has 1 amide bonds. The Morgan fingerprint density at radius 1 is 1.10 bits per heavy atom. The predicted octanol–water partition coefficient (Wildman–Crippen LogP) is 3.89. The Balaban J connectivity index is 1.52. The maximum Gasteiger partial charge on any atom is 0.231 e. The van der Waals surface area contributed by atoms with Crippen molar-refractivity contribution in [3.8, 4) is 11.5 Å². The van der Waals surface area contributed by atoms with Gasteiger partial charge in [-0.1, -0.05) is 36.4 Å². The molecule has 2 aliphatic heterocycles. The van der Waals surface area contributed by atoms with E-state index in [1.807, 2.05) is 11.0 Å². The third kappa shape index (κ3) is 4.40. The van der Waals surface area contributed by atoms with E-state index in [1.165, 1.54) is 11.1 Å². The van der Waals surface area contributed by atoms with E-state index in [4.69, 9.17) is 9.47 Å². The standard InChI is InChI=1S/C24H30N2O3/c1-17(2)26(18(3)27)14-21-13-25(15-22(21)20-7-5-4-6-8-20)12-19-9-10-23-24(11-19)29-16-28-23/h4-11,17,21-22H,12-16H2,1-3H3. The van der Waals surface area contributed by atoms with Gasteiger partial charge in [0.05, 0.1) is 0 Å². The number of benzene rings is 2. The normalized spacial score (nSPS) is 21.0. The molecule has 0 saturated carbocycles. The molecule has 0 bridgehead atoms. The van der Waals surface area contributed by atoms with Crippen LogP contribution in [0.5, 0.6) is 11.5 Å². The van der Waals surface area contributed by atoms with Crippen LogP contribution < -0.4 is 9.47 Å². The van der Waals surface area contributed by atoms with Crippen molar-refractivity contribution in [3.05, 3.63) is 59.7 Å². The van der Waals surface area contributed by atoms with Gasteiger partial charge in [0, 0.05) is 45.1 Å². The Morgan fingerprint density at radius 2 is 1.86 bits per heavy atom. The van der Waals surface area contributed by atoms with Crippen LogP contribution >= 0.6 is 0 Å². The smallest absolute Gasteiger partial charge is 0.231 e. The van der Waals surface area contributed by atoms with Gasteiger partial charge in [-0.2, -0.15) is 0 Å². The third-order valence-corrected chi connectivity index (χ3v) is 6.05. The average molecular weight is 395 g/mol. The molecule has 0 aliphatic carbocycles. The van der Waals surface area contributed by atoms with Crippen LogP contribution in [-0.4, -0.2) is 48.2 Å². The van der Waals surface area contributed by atoms with Crippen molar-refractivity contribution in [3.63, 3.8) is 0 Å². The van der Waals surface area contributed by atoms with Gasteiger partial charge in [0.2, 0.25) is 12.7 Å². The third-order valence-electron chi connectivity index (χ3n) is 6.05. The fourth-order valence-electron chi connectivity index (χ4n) is 4.61. The van der Waals surface area contributed by atoms with E-state index >= 15 is 0 Å². The molecule has 5 nitrogen and oxygen atoms in total. The lowest BCUT2D eigenvalue weighted by molar-refractivity contribution is -0.131. The number of amides is 1. The molecule has 0 aromatic heterocycles. The molecule has 2 aromatic rings. The van der Waals surface area contributed by atoms with Crippen molar-refractivity contribution in [1.82, 2.24) is 9.80 Å². The molecule has 29 heavy (non-hydrogen) atoms. The Morgan fingerprint density at radius 3 is 2.59 bits per heavy atom. The van der Waals surface area contributed by atoms with Gasteiger partial charge in [-0.3, -0.25) is 9.69 Å². The second-order valence-corrected chi connectivity index (χ2v) is 8.42. The van der Waals surface area contributed by atoms with Gasteiger partial charge in [-0.25, -0.2) is 0 Å². The highest BCUT2D eigenvalue weighted by Gasteiger charge is 2.35. The molecule has 1 fully saturated rings. The molecule has 4 rings (SSSR count). The first-order valence-corrected chi connectivity index (χ1v) is 10.4. The van der Waals surface area contributed by atoms with Crippen molar-refractivity contribution in [2.45, 2.75) is 39.3 Å². The van der Waals surface area contributed by atoms with Crippen molar-refractivity contribution in [2.75, 3.05) is 26.4 Å². The molecule has 0 spiro atoms. The van der Waals surface area contributed by atoms with Crippen LogP contribution in [0.2, 0.25) is 0 Å². The maximum absolute atomic E-state index is 12.2. The summed E-state index contributed by atoms with van der Waals surface area (Å²) >= 11 is 0. The zero-order valence-electron chi connectivity index (χ0n) is 17.5. The molecule has 1 saturated heterocycles. The highest BCUT2D eigenvalue weighted by atomic mass is 16.7. The molecule has 2 heterocycles. The molecular formula is C24H30N2O3. The van der Waals surface area contributed by atoms with E-state index in [9.17, 15) is 4.79 Å². The van der Waals surface area contributed by atoms with Crippen molar-refractivity contribution >= 4 is 5.91 Å². The Kier molecular flexibility index (Phi) is 5.76. The fraction of sp³-hybridized carbons (Fsp3) is 0.458. The van der Waals surface area contributed by atoms with Crippen molar-refractivity contribution in [1.29, 1.82) is 0 Å². The van der Waals surface area contributed by atoms with Gasteiger partial charge < -0.3 is 14.4 Å². The van der Waals surface area contributed by atoms with Crippen LogP contribution in [0.3, 0.4) is 0 Å². The molecule has 5 heteroatoms. The number of hydrogen-bond donors (Lipinski definition) is 0. The molecule has 2 aromatic carbocycles. The molecule has 0 radical (unpaired) electrons. The van der Waals surface area contributed by atoms with E-state index in [0.717, 1.165) is 37.7 Å². The number of hydrogen-bond acceptors (Lipinski definition) is 4. The topological polar surface area (TPSA) is 42.0 Å². The quantitative estimate of drug-likeness (QED) is 0.746. The summed E-state index contributed by atoms with van der Waals surface area (Å²) in [5.74, 6) is 2.65. The molecule has 2 unspecified atom stereocenters. The van der Waals surface area contributed by atoms with Crippen LogP contribution in [-0.2, 0) is 11.3 Å². The minimum atomic E-state index is 0.154. The number of rotatable bonds is 6. The first kappa shape index (κ1) is 19.8. The first-order valence-electron chi connectivity index (χ1n) is 10.4. The van der Waals surface area contributed by atoms with E-state index in [0.29, 0.717) is 18.6 Å². The van der Waals surface area contributed by atoms with Crippen molar-refractivity contribution in [2.24, 2.45) is 5.92 Å². The zero-order chi connectivity index (χ0) is 20.4. The summed E-state index contributed by atoms with van der Waals surface area (Å²) in [6, 6.07) is 17.1. The van der Waals surface area contributed by atoms with Crippen molar-refractivity contribution < 1.29 is 14.3 Å². The largest absolute Gasteiger partial charge is 0.454 e. The highest BCUT2D eigenvalue weighted by molar-refractivity contribution is 5.73. The minimum absolute atomic E-state index is 0.154. The summed E-state index contributed by atoms with van der Waals surface area (Å²) in [5.41, 5.74) is 2.59.